The minimum atomic E-state index is -0.0774. The van der Waals surface area contributed by atoms with Gasteiger partial charge in [0.05, 0.1) is 13.2 Å². The van der Waals surface area contributed by atoms with E-state index in [1.54, 1.807) is 7.11 Å². The molecule has 0 spiro atoms. The summed E-state index contributed by atoms with van der Waals surface area (Å²) in [5, 5.41) is 0. The first-order valence-electron chi connectivity index (χ1n) is 10.1. The molecule has 0 atom stereocenters. The Kier molecular flexibility index (Phi) is 5.19. The van der Waals surface area contributed by atoms with E-state index >= 15 is 0 Å². The van der Waals surface area contributed by atoms with Crippen molar-refractivity contribution in [2.24, 2.45) is 0 Å². The molecule has 4 rings (SSSR count). The van der Waals surface area contributed by atoms with Crippen molar-refractivity contribution >= 4 is 5.95 Å². The summed E-state index contributed by atoms with van der Waals surface area (Å²) >= 11 is 0. The van der Waals surface area contributed by atoms with Gasteiger partial charge in [-0.1, -0.05) is 25.3 Å². The summed E-state index contributed by atoms with van der Waals surface area (Å²) in [5.74, 6) is 2.00. The Morgan fingerprint density at radius 3 is 2.30 bits per heavy atom. The Labute approximate surface area is 161 Å². The maximum Gasteiger partial charge on any atom is 0.219 e. The van der Waals surface area contributed by atoms with Gasteiger partial charge in [0.25, 0.3) is 0 Å². The lowest BCUT2D eigenvalue weighted by atomic mass is 9.66. The van der Waals surface area contributed by atoms with Gasteiger partial charge in [-0.25, -0.2) is 9.97 Å². The van der Waals surface area contributed by atoms with Crippen LogP contribution in [0.1, 0.15) is 68.9 Å². The van der Waals surface area contributed by atoms with Crippen LogP contribution in [-0.4, -0.2) is 23.2 Å². The molecule has 1 heterocycles. The first-order valence-corrected chi connectivity index (χ1v) is 10.1. The van der Waals surface area contributed by atoms with E-state index in [2.05, 4.69) is 22.1 Å². The third-order valence-corrected chi connectivity index (χ3v) is 6.24. The quantitative estimate of drug-likeness (QED) is 0.834. The fraction of sp³-hybridized carbons (Fsp3) is 0.545. The van der Waals surface area contributed by atoms with Crippen molar-refractivity contribution < 1.29 is 9.47 Å². The summed E-state index contributed by atoms with van der Waals surface area (Å²) in [6.45, 7) is 0. The number of ether oxygens (including phenoxy) is 2. The van der Waals surface area contributed by atoms with Crippen LogP contribution < -0.4 is 15.2 Å². The Morgan fingerprint density at radius 1 is 0.926 bits per heavy atom. The third kappa shape index (κ3) is 3.60. The van der Waals surface area contributed by atoms with Crippen molar-refractivity contribution in [3.8, 4) is 11.5 Å². The number of nitrogen functional groups attached to an aromatic ring is 1. The first kappa shape index (κ1) is 18.1. The van der Waals surface area contributed by atoms with Crippen LogP contribution in [0, 0.1) is 0 Å². The second-order valence-corrected chi connectivity index (χ2v) is 7.86. The molecule has 2 saturated carbocycles. The van der Waals surface area contributed by atoms with Gasteiger partial charge >= 0.3 is 0 Å². The maximum atomic E-state index is 6.35. The van der Waals surface area contributed by atoms with E-state index in [0.717, 1.165) is 42.7 Å². The second kappa shape index (κ2) is 7.75. The van der Waals surface area contributed by atoms with Crippen LogP contribution in [0.3, 0.4) is 0 Å². The molecule has 2 aliphatic carbocycles. The zero-order valence-corrected chi connectivity index (χ0v) is 16.1. The molecule has 27 heavy (non-hydrogen) atoms. The monoisotopic (exact) mass is 367 g/mol. The van der Waals surface area contributed by atoms with Crippen molar-refractivity contribution in [1.82, 2.24) is 9.97 Å². The number of aromatic nitrogens is 2. The van der Waals surface area contributed by atoms with Crippen molar-refractivity contribution in [2.75, 3.05) is 12.8 Å². The number of nitrogens with two attached hydrogens (primary N) is 1. The highest BCUT2D eigenvalue weighted by Crippen LogP contribution is 2.46. The molecule has 2 fully saturated rings. The van der Waals surface area contributed by atoms with E-state index in [-0.39, 0.29) is 5.41 Å². The average Bonchev–Trinajstić information content (AvgIpc) is 3.22. The minimum Gasteiger partial charge on any atom is -0.493 e. The first-order chi connectivity index (χ1) is 13.2. The molecule has 0 aliphatic heterocycles. The van der Waals surface area contributed by atoms with Gasteiger partial charge in [-0.15, -0.1) is 0 Å². The van der Waals surface area contributed by atoms with Crippen LogP contribution in [0.5, 0.6) is 11.5 Å². The molecule has 5 heteroatoms. The predicted molar refractivity (Wildman–Crippen MR) is 106 cm³/mol. The minimum absolute atomic E-state index is 0.0774. The Morgan fingerprint density at radius 2 is 1.63 bits per heavy atom. The van der Waals surface area contributed by atoms with Crippen LogP contribution in [0.15, 0.2) is 30.6 Å². The molecule has 1 aromatic carbocycles. The number of hydrogen-bond donors (Lipinski definition) is 1. The molecule has 0 amide bonds. The van der Waals surface area contributed by atoms with Crippen molar-refractivity contribution in [3.63, 3.8) is 0 Å². The number of nitrogens with zero attached hydrogens (tertiary/aromatic N) is 2. The molecule has 0 bridgehead atoms. The number of rotatable bonds is 5. The molecule has 2 N–H and O–H groups in total. The highest BCUT2D eigenvalue weighted by atomic mass is 16.5. The van der Waals surface area contributed by atoms with Gasteiger partial charge in [0.15, 0.2) is 11.5 Å². The Hall–Kier alpha value is -2.30. The lowest BCUT2D eigenvalue weighted by Gasteiger charge is -2.38. The van der Waals surface area contributed by atoms with Crippen LogP contribution >= 0.6 is 0 Å². The lowest BCUT2D eigenvalue weighted by Crippen LogP contribution is -2.31. The molecule has 5 nitrogen and oxygen atoms in total. The van der Waals surface area contributed by atoms with Crippen LogP contribution in [0.2, 0.25) is 0 Å². The van der Waals surface area contributed by atoms with Gasteiger partial charge in [-0.3, -0.25) is 0 Å². The van der Waals surface area contributed by atoms with E-state index in [4.69, 9.17) is 15.2 Å². The molecule has 0 saturated heterocycles. The van der Waals surface area contributed by atoms with Crippen molar-refractivity contribution in [2.45, 2.75) is 69.3 Å². The van der Waals surface area contributed by atoms with E-state index in [0.29, 0.717) is 12.1 Å². The molecule has 1 aromatic heterocycles. The van der Waals surface area contributed by atoms with E-state index in [9.17, 15) is 0 Å². The summed E-state index contributed by atoms with van der Waals surface area (Å²) in [6, 6.07) is 6.43. The zero-order chi connectivity index (χ0) is 18.7. The molecule has 2 aromatic rings. The summed E-state index contributed by atoms with van der Waals surface area (Å²) in [7, 11) is 1.71. The lowest BCUT2D eigenvalue weighted by molar-refractivity contribution is 0.200. The number of methoxy groups -OCH3 is 1. The highest BCUT2D eigenvalue weighted by molar-refractivity contribution is 5.49. The Bertz CT molecular complexity index is 764. The van der Waals surface area contributed by atoms with Gasteiger partial charge in [0.2, 0.25) is 5.95 Å². The maximum absolute atomic E-state index is 6.35. The topological polar surface area (TPSA) is 70.3 Å². The van der Waals surface area contributed by atoms with E-state index in [1.165, 1.54) is 37.7 Å². The summed E-state index contributed by atoms with van der Waals surface area (Å²) in [6.07, 6.45) is 14.7. The largest absolute Gasteiger partial charge is 0.493 e. The molecular weight excluding hydrogens is 338 g/mol. The summed E-state index contributed by atoms with van der Waals surface area (Å²) < 4.78 is 11.9. The van der Waals surface area contributed by atoms with Crippen molar-refractivity contribution in [1.29, 1.82) is 0 Å². The second-order valence-electron chi connectivity index (χ2n) is 7.86. The number of anilines is 1. The fourth-order valence-corrected chi connectivity index (χ4v) is 4.74. The van der Waals surface area contributed by atoms with Gasteiger partial charge < -0.3 is 15.2 Å². The predicted octanol–water partition coefficient (Wildman–Crippen LogP) is 4.64. The smallest absolute Gasteiger partial charge is 0.219 e. The van der Waals surface area contributed by atoms with Crippen LogP contribution in [-0.2, 0) is 5.41 Å². The van der Waals surface area contributed by atoms with Gasteiger partial charge in [0.1, 0.15) is 0 Å². The summed E-state index contributed by atoms with van der Waals surface area (Å²) in [4.78, 5) is 8.55. The number of hydrogen-bond acceptors (Lipinski definition) is 5. The molecule has 0 unspecified atom stereocenters. The fourth-order valence-electron chi connectivity index (χ4n) is 4.74. The zero-order valence-electron chi connectivity index (χ0n) is 16.1. The Balaban J connectivity index is 1.74. The third-order valence-electron chi connectivity index (χ3n) is 6.24. The van der Waals surface area contributed by atoms with E-state index in [1.807, 2.05) is 18.5 Å². The normalized spacial score (nSPS) is 19.7. The van der Waals surface area contributed by atoms with Gasteiger partial charge in [0, 0.05) is 17.8 Å². The van der Waals surface area contributed by atoms with Crippen molar-refractivity contribution in [3.05, 3.63) is 41.7 Å². The highest BCUT2D eigenvalue weighted by Gasteiger charge is 2.37. The van der Waals surface area contributed by atoms with Crippen LogP contribution in [0.25, 0.3) is 0 Å². The molecular formula is C22H29N3O2. The molecule has 0 radical (unpaired) electrons. The molecule has 144 valence electrons. The van der Waals surface area contributed by atoms with Gasteiger partial charge in [-0.2, -0.15) is 0 Å². The van der Waals surface area contributed by atoms with Crippen LogP contribution in [0.4, 0.5) is 5.95 Å². The van der Waals surface area contributed by atoms with Gasteiger partial charge in [-0.05, 0) is 61.8 Å². The SMILES string of the molecule is COc1ccc(C2(c3cnc(N)nc3)CCCCC2)cc1OC1CCCC1. The molecule has 2 aliphatic rings. The number of benzene rings is 1. The summed E-state index contributed by atoms with van der Waals surface area (Å²) in [5.41, 5.74) is 8.07. The standard InChI is InChI=1S/C22H29N3O2/c1-26-19-10-9-16(13-20(19)27-18-7-3-4-8-18)22(11-5-2-6-12-22)17-14-24-21(23)25-15-17/h9-10,13-15,18H,2-8,11-12H2,1H3,(H2,23,24,25). The average molecular weight is 367 g/mol. The van der Waals surface area contributed by atoms with E-state index < -0.39 is 0 Å².